The molecule has 0 bridgehead atoms. The van der Waals surface area contributed by atoms with Gasteiger partial charge < -0.3 is 4.40 Å². The molecule has 1 aliphatic carbocycles. The highest BCUT2D eigenvalue weighted by molar-refractivity contribution is 5.65. The number of fused-ring (bicyclic) bond motifs is 3. The molecule has 0 N–H and O–H groups in total. The average Bonchev–Trinajstić information content (AvgIpc) is 2.66. The Morgan fingerprint density at radius 1 is 1.38 bits per heavy atom. The van der Waals surface area contributed by atoms with Crippen molar-refractivity contribution in [2.75, 3.05) is 0 Å². The second-order valence-corrected chi connectivity index (χ2v) is 4.64. The van der Waals surface area contributed by atoms with E-state index in [2.05, 4.69) is 29.3 Å². The van der Waals surface area contributed by atoms with Crippen molar-refractivity contribution in [3.05, 3.63) is 41.9 Å². The summed E-state index contributed by atoms with van der Waals surface area (Å²) in [6.07, 6.45) is 7.02. The first kappa shape index (κ1) is 9.64. The van der Waals surface area contributed by atoms with Gasteiger partial charge in [-0.3, -0.25) is 0 Å². The third-order valence-electron chi connectivity index (χ3n) is 3.38. The van der Waals surface area contributed by atoms with E-state index in [1.54, 1.807) is 0 Å². The first-order valence-corrected chi connectivity index (χ1v) is 5.91. The SMILES string of the molecule is C=C(C)c1ccn2c3c(nc2c1)CCCC3. The smallest absolute Gasteiger partial charge is 0.137 e. The van der Waals surface area contributed by atoms with Crippen LogP contribution in [0.15, 0.2) is 24.9 Å². The fourth-order valence-corrected chi connectivity index (χ4v) is 2.46. The quantitative estimate of drug-likeness (QED) is 0.709. The standard InChI is InChI=1S/C14H16N2/c1-10(2)11-7-8-16-13-6-4-3-5-12(13)15-14(16)9-11/h7-9H,1,3-6H2,2H3. The second kappa shape index (κ2) is 3.48. The van der Waals surface area contributed by atoms with E-state index >= 15 is 0 Å². The molecule has 82 valence electrons. The van der Waals surface area contributed by atoms with Crippen LogP contribution in [0.25, 0.3) is 11.2 Å². The van der Waals surface area contributed by atoms with Gasteiger partial charge in [0.25, 0.3) is 0 Å². The van der Waals surface area contributed by atoms with Crippen molar-refractivity contribution in [2.24, 2.45) is 0 Å². The van der Waals surface area contributed by atoms with E-state index in [0.29, 0.717) is 0 Å². The summed E-state index contributed by atoms with van der Waals surface area (Å²) in [5.74, 6) is 0. The summed E-state index contributed by atoms with van der Waals surface area (Å²) in [4.78, 5) is 4.72. The van der Waals surface area contributed by atoms with Crippen molar-refractivity contribution in [1.29, 1.82) is 0 Å². The van der Waals surface area contributed by atoms with Crippen molar-refractivity contribution < 1.29 is 0 Å². The molecule has 1 aliphatic rings. The fourth-order valence-electron chi connectivity index (χ4n) is 2.46. The second-order valence-electron chi connectivity index (χ2n) is 4.64. The molecule has 2 aromatic rings. The van der Waals surface area contributed by atoms with E-state index < -0.39 is 0 Å². The molecule has 3 rings (SSSR count). The van der Waals surface area contributed by atoms with Crippen LogP contribution in [0.3, 0.4) is 0 Å². The van der Waals surface area contributed by atoms with Crippen LogP contribution in [-0.2, 0) is 12.8 Å². The van der Waals surface area contributed by atoms with Crippen molar-refractivity contribution in [1.82, 2.24) is 9.38 Å². The monoisotopic (exact) mass is 212 g/mol. The highest BCUT2D eigenvalue weighted by Gasteiger charge is 2.15. The van der Waals surface area contributed by atoms with Crippen LogP contribution in [0.4, 0.5) is 0 Å². The summed E-state index contributed by atoms with van der Waals surface area (Å²) >= 11 is 0. The normalized spacial score (nSPS) is 15.1. The van der Waals surface area contributed by atoms with Gasteiger partial charge in [0.1, 0.15) is 5.65 Å². The maximum absolute atomic E-state index is 4.72. The van der Waals surface area contributed by atoms with Crippen LogP contribution in [0.1, 0.15) is 36.7 Å². The summed E-state index contributed by atoms with van der Waals surface area (Å²) in [5, 5.41) is 0. The number of aromatic nitrogens is 2. The molecule has 0 aromatic carbocycles. The van der Waals surface area contributed by atoms with Gasteiger partial charge in [-0.25, -0.2) is 4.98 Å². The highest BCUT2D eigenvalue weighted by atomic mass is 15.0. The number of hydrogen-bond acceptors (Lipinski definition) is 1. The van der Waals surface area contributed by atoms with Gasteiger partial charge >= 0.3 is 0 Å². The fraction of sp³-hybridized carbons (Fsp3) is 0.357. The van der Waals surface area contributed by atoms with Crippen LogP contribution in [-0.4, -0.2) is 9.38 Å². The van der Waals surface area contributed by atoms with Gasteiger partial charge in [-0.05, 0) is 50.3 Å². The lowest BCUT2D eigenvalue weighted by Gasteiger charge is -2.10. The topological polar surface area (TPSA) is 17.3 Å². The summed E-state index contributed by atoms with van der Waals surface area (Å²) in [7, 11) is 0. The molecule has 0 spiro atoms. The summed E-state index contributed by atoms with van der Waals surface area (Å²) < 4.78 is 2.24. The molecular formula is C14H16N2. The molecule has 0 aliphatic heterocycles. The van der Waals surface area contributed by atoms with Gasteiger partial charge in [-0.2, -0.15) is 0 Å². The maximum atomic E-state index is 4.72. The molecule has 2 nitrogen and oxygen atoms in total. The third-order valence-corrected chi connectivity index (χ3v) is 3.38. The molecule has 0 fully saturated rings. The zero-order valence-electron chi connectivity index (χ0n) is 9.66. The molecule has 2 heteroatoms. The Kier molecular flexibility index (Phi) is 2.10. The minimum Gasteiger partial charge on any atom is -0.304 e. The molecule has 0 atom stereocenters. The van der Waals surface area contributed by atoms with E-state index in [1.165, 1.54) is 36.2 Å². The number of imidazole rings is 1. The lowest BCUT2D eigenvalue weighted by atomic mass is 10.0. The van der Waals surface area contributed by atoms with E-state index in [1.807, 2.05) is 6.92 Å². The minimum atomic E-state index is 1.08. The Balaban J connectivity index is 2.22. The molecule has 0 unspecified atom stereocenters. The highest BCUT2D eigenvalue weighted by Crippen LogP contribution is 2.23. The van der Waals surface area contributed by atoms with E-state index in [4.69, 9.17) is 4.98 Å². The summed E-state index contributed by atoms with van der Waals surface area (Å²) in [5.41, 5.74) is 6.07. The molecule has 2 heterocycles. The Morgan fingerprint density at radius 3 is 3.00 bits per heavy atom. The van der Waals surface area contributed by atoms with Gasteiger partial charge in [0.2, 0.25) is 0 Å². The number of nitrogens with zero attached hydrogens (tertiary/aromatic N) is 2. The van der Waals surface area contributed by atoms with Gasteiger partial charge in [0, 0.05) is 11.9 Å². The Hall–Kier alpha value is -1.57. The third kappa shape index (κ3) is 1.37. The van der Waals surface area contributed by atoms with Crippen LogP contribution in [0, 0.1) is 0 Å². The number of hydrogen-bond donors (Lipinski definition) is 0. The zero-order valence-corrected chi connectivity index (χ0v) is 9.66. The van der Waals surface area contributed by atoms with Crippen molar-refractivity contribution in [3.63, 3.8) is 0 Å². The molecule has 0 saturated heterocycles. The Morgan fingerprint density at radius 2 is 2.19 bits per heavy atom. The number of allylic oxidation sites excluding steroid dienone is 1. The van der Waals surface area contributed by atoms with Crippen molar-refractivity contribution in [2.45, 2.75) is 32.6 Å². The van der Waals surface area contributed by atoms with Crippen LogP contribution < -0.4 is 0 Å². The van der Waals surface area contributed by atoms with Gasteiger partial charge in [-0.1, -0.05) is 12.2 Å². The minimum absolute atomic E-state index is 1.08. The number of rotatable bonds is 1. The van der Waals surface area contributed by atoms with E-state index in [-0.39, 0.29) is 0 Å². The van der Waals surface area contributed by atoms with Gasteiger partial charge in [0.15, 0.2) is 0 Å². The van der Waals surface area contributed by atoms with Crippen LogP contribution in [0.2, 0.25) is 0 Å². The predicted molar refractivity (Wildman–Crippen MR) is 66.5 cm³/mol. The summed E-state index contributed by atoms with van der Waals surface area (Å²) in [6.45, 7) is 6.01. The van der Waals surface area contributed by atoms with E-state index in [0.717, 1.165) is 17.6 Å². The predicted octanol–water partition coefficient (Wildman–Crippen LogP) is 3.25. The molecule has 16 heavy (non-hydrogen) atoms. The maximum Gasteiger partial charge on any atom is 0.137 e. The molecule has 0 amide bonds. The van der Waals surface area contributed by atoms with Crippen LogP contribution in [0.5, 0.6) is 0 Å². The first-order valence-electron chi connectivity index (χ1n) is 5.91. The van der Waals surface area contributed by atoms with Crippen molar-refractivity contribution >= 4 is 11.2 Å². The molecule has 0 saturated carbocycles. The first-order chi connectivity index (χ1) is 7.75. The largest absolute Gasteiger partial charge is 0.304 e. The summed E-state index contributed by atoms with van der Waals surface area (Å²) in [6, 6.07) is 4.27. The molecule has 2 aromatic heterocycles. The lowest BCUT2D eigenvalue weighted by molar-refractivity contribution is 0.660. The van der Waals surface area contributed by atoms with Crippen LogP contribution >= 0.6 is 0 Å². The Labute approximate surface area is 95.6 Å². The average molecular weight is 212 g/mol. The van der Waals surface area contributed by atoms with Crippen molar-refractivity contribution in [3.8, 4) is 0 Å². The lowest BCUT2D eigenvalue weighted by Crippen LogP contribution is -2.03. The number of pyridine rings is 1. The molecule has 0 radical (unpaired) electrons. The Bertz CT molecular complexity index is 563. The molecular weight excluding hydrogens is 196 g/mol. The zero-order chi connectivity index (χ0) is 11.1. The van der Waals surface area contributed by atoms with Gasteiger partial charge in [0.05, 0.1) is 5.69 Å². The van der Waals surface area contributed by atoms with E-state index in [9.17, 15) is 0 Å². The number of aryl methyl sites for hydroxylation is 2. The van der Waals surface area contributed by atoms with Gasteiger partial charge in [-0.15, -0.1) is 0 Å².